The molecule has 0 amide bonds. The number of fused-ring (bicyclic) bond motifs is 6. The number of benzene rings is 8. The number of hydrogen-bond donors (Lipinski definition) is 0. The summed E-state index contributed by atoms with van der Waals surface area (Å²) in [5.74, 6) is 0. The molecule has 2 nitrogen and oxygen atoms in total. The number of anilines is 3. The normalized spacial score (nSPS) is 12.6. The van der Waals surface area contributed by atoms with E-state index in [1.54, 1.807) is 0 Å². The molecule has 1 aromatic heterocycles. The monoisotopic (exact) mass is 694 g/mol. The van der Waals surface area contributed by atoms with Crippen LogP contribution in [0.15, 0.2) is 194 Å². The van der Waals surface area contributed by atoms with Gasteiger partial charge in [-0.2, -0.15) is 0 Å². The Morgan fingerprint density at radius 1 is 0.389 bits per heavy atom. The molecule has 0 unspecified atom stereocenters. The Hall–Kier alpha value is -6.64. The lowest BCUT2D eigenvalue weighted by Gasteiger charge is -2.28. The molecule has 0 aliphatic heterocycles. The molecule has 0 N–H and O–H groups in total. The van der Waals surface area contributed by atoms with Gasteiger partial charge in [-0.1, -0.05) is 149 Å². The maximum Gasteiger partial charge on any atom is 0.0541 e. The largest absolute Gasteiger partial charge is 0.310 e. The number of hydrogen-bond acceptors (Lipinski definition) is 1. The van der Waals surface area contributed by atoms with Gasteiger partial charge in [-0.3, -0.25) is 0 Å². The first kappa shape index (κ1) is 33.2. The summed E-state index contributed by atoms with van der Waals surface area (Å²) in [7, 11) is 0. The summed E-state index contributed by atoms with van der Waals surface area (Å²) in [6.45, 7) is 4.70. The topological polar surface area (TPSA) is 8.17 Å². The summed E-state index contributed by atoms with van der Waals surface area (Å²) >= 11 is 0. The van der Waals surface area contributed by atoms with Crippen molar-refractivity contribution in [2.45, 2.75) is 26.7 Å². The lowest BCUT2D eigenvalue weighted by Crippen LogP contribution is -2.16. The van der Waals surface area contributed by atoms with Crippen LogP contribution in [-0.4, -0.2) is 4.57 Å². The Morgan fingerprint density at radius 3 is 1.63 bits per heavy atom. The van der Waals surface area contributed by atoms with E-state index >= 15 is 0 Å². The molecule has 1 heterocycles. The van der Waals surface area contributed by atoms with Crippen LogP contribution >= 0.6 is 0 Å². The molecular formula is C52H42N2. The van der Waals surface area contributed by atoms with Gasteiger partial charge in [0.2, 0.25) is 0 Å². The maximum atomic E-state index is 2.41. The van der Waals surface area contributed by atoms with E-state index in [-0.39, 0.29) is 12.8 Å². The standard InChI is InChI=1S/C51H38N2.CH4/c1-51(2)47-19-11-9-17-43(47)44-31-30-42(34-48(44)51)52(40-26-21-36(22-27-40)35-13-5-3-6-14-35)41-28-23-37(24-29-41)38-25-32-50-46(33-38)45-18-10-12-20-49(45)53(50)39-15-7-4-8-16-39;/h3-34H,1-2H3;1H4. The third-order valence-corrected chi connectivity index (χ3v) is 11.2. The molecule has 1 aliphatic carbocycles. The van der Waals surface area contributed by atoms with Crippen LogP contribution in [0.2, 0.25) is 0 Å². The predicted octanol–water partition coefficient (Wildman–Crippen LogP) is 14.5. The lowest BCUT2D eigenvalue weighted by atomic mass is 9.82. The summed E-state index contributed by atoms with van der Waals surface area (Å²) < 4.78 is 2.37. The van der Waals surface area contributed by atoms with E-state index in [9.17, 15) is 0 Å². The van der Waals surface area contributed by atoms with Crippen LogP contribution in [0.5, 0.6) is 0 Å². The van der Waals surface area contributed by atoms with E-state index in [0.29, 0.717) is 0 Å². The van der Waals surface area contributed by atoms with Crippen molar-refractivity contribution < 1.29 is 0 Å². The molecule has 10 rings (SSSR count). The molecule has 8 aromatic carbocycles. The first-order chi connectivity index (χ1) is 26.0. The van der Waals surface area contributed by atoms with Gasteiger partial charge < -0.3 is 9.47 Å². The molecule has 9 aromatic rings. The van der Waals surface area contributed by atoms with Crippen molar-refractivity contribution >= 4 is 38.9 Å². The van der Waals surface area contributed by atoms with Crippen molar-refractivity contribution in [2.24, 2.45) is 0 Å². The van der Waals surface area contributed by atoms with Crippen molar-refractivity contribution in [3.8, 4) is 39.1 Å². The molecule has 260 valence electrons. The van der Waals surface area contributed by atoms with Crippen LogP contribution in [0.1, 0.15) is 32.4 Å². The molecule has 54 heavy (non-hydrogen) atoms. The summed E-state index contributed by atoms with van der Waals surface area (Å²) in [6.07, 6.45) is 0. The number of aromatic nitrogens is 1. The van der Waals surface area contributed by atoms with Crippen LogP contribution < -0.4 is 4.90 Å². The summed E-state index contributed by atoms with van der Waals surface area (Å²) in [6, 6.07) is 70.8. The Kier molecular flexibility index (Phi) is 8.05. The van der Waals surface area contributed by atoms with Crippen LogP contribution in [0, 0.1) is 0 Å². The van der Waals surface area contributed by atoms with Crippen molar-refractivity contribution in [3.05, 3.63) is 205 Å². The van der Waals surface area contributed by atoms with Crippen LogP contribution in [0.25, 0.3) is 60.9 Å². The fourth-order valence-electron chi connectivity index (χ4n) is 8.52. The van der Waals surface area contributed by atoms with Gasteiger partial charge in [0.15, 0.2) is 0 Å². The SMILES string of the molecule is C.CC1(C)c2ccccc2-c2ccc(N(c3ccc(-c4ccccc4)cc3)c3ccc(-c4ccc5c(c4)c4ccccc4n5-c4ccccc4)cc3)cc21. The quantitative estimate of drug-likeness (QED) is 0.168. The third kappa shape index (κ3) is 5.33. The Bertz CT molecular complexity index is 2770. The van der Waals surface area contributed by atoms with Gasteiger partial charge in [0.1, 0.15) is 0 Å². The molecule has 0 bridgehead atoms. The van der Waals surface area contributed by atoms with Crippen LogP contribution in [-0.2, 0) is 5.41 Å². The Balaban J connectivity index is 0.00000384. The molecular weight excluding hydrogens is 653 g/mol. The van der Waals surface area contributed by atoms with Gasteiger partial charge in [-0.15, -0.1) is 0 Å². The zero-order chi connectivity index (χ0) is 35.5. The molecule has 0 atom stereocenters. The smallest absolute Gasteiger partial charge is 0.0541 e. The second-order valence-corrected chi connectivity index (χ2v) is 14.6. The van der Waals surface area contributed by atoms with E-state index < -0.39 is 0 Å². The number of nitrogens with zero attached hydrogens (tertiary/aromatic N) is 2. The van der Waals surface area contributed by atoms with Crippen molar-refractivity contribution in [2.75, 3.05) is 4.90 Å². The zero-order valence-corrected chi connectivity index (χ0v) is 29.9. The highest BCUT2D eigenvalue weighted by Gasteiger charge is 2.35. The highest BCUT2D eigenvalue weighted by Crippen LogP contribution is 2.50. The molecule has 0 saturated heterocycles. The first-order valence-corrected chi connectivity index (χ1v) is 18.4. The Labute approximate surface area is 318 Å². The Morgan fingerprint density at radius 2 is 0.907 bits per heavy atom. The molecule has 0 saturated carbocycles. The maximum absolute atomic E-state index is 2.41. The second kappa shape index (κ2) is 13.1. The average Bonchev–Trinajstić information content (AvgIpc) is 3.67. The minimum atomic E-state index is -0.0864. The zero-order valence-electron chi connectivity index (χ0n) is 29.9. The molecule has 2 heteroatoms. The van der Waals surface area contributed by atoms with Crippen LogP contribution in [0.3, 0.4) is 0 Å². The number of rotatable bonds is 6. The molecule has 0 spiro atoms. The first-order valence-electron chi connectivity index (χ1n) is 18.4. The van der Waals surface area contributed by atoms with E-state index in [1.807, 2.05) is 0 Å². The van der Waals surface area contributed by atoms with E-state index in [0.717, 1.165) is 17.1 Å². The van der Waals surface area contributed by atoms with Crippen LogP contribution in [0.4, 0.5) is 17.1 Å². The third-order valence-electron chi connectivity index (χ3n) is 11.2. The van der Waals surface area contributed by atoms with Crippen molar-refractivity contribution in [1.82, 2.24) is 4.57 Å². The van der Waals surface area contributed by atoms with Gasteiger partial charge >= 0.3 is 0 Å². The fourth-order valence-corrected chi connectivity index (χ4v) is 8.52. The van der Waals surface area contributed by atoms with Gasteiger partial charge in [-0.25, -0.2) is 0 Å². The molecule has 0 fully saturated rings. The van der Waals surface area contributed by atoms with Gasteiger partial charge in [0.25, 0.3) is 0 Å². The van der Waals surface area contributed by atoms with E-state index in [1.165, 1.54) is 72.0 Å². The predicted molar refractivity (Wildman–Crippen MR) is 231 cm³/mol. The van der Waals surface area contributed by atoms with E-state index in [2.05, 4.69) is 217 Å². The average molecular weight is 695 g/mol. The minimum Gasteiger partial charge on any atom is -0.310 e. The van der Waals surface area contributed by atoms with Crippen molar-refractivity contribution in [3.63, 3.8) is 0 Å². The fraction of sp³-hybridized carbons (Fsp3) is 0.0769. The summed E-state index contributed by atoms with van der Waals surface area (Å²) in [5.41, 5.74) is 17.2. The summed E-state index contributed by atoms with van der Waals surface area (Å²) in [4.78, 5) is 2.40. The van der Waals surface area contributed by atoms with E-state index in [4.69, 9.17) is 0 Å². The minimum absolute atomic E-state index is 0. The highest BCUT2D eigenvalue weighted by molar-refractivity contribution is 6.10. The molecule has 0 radical (unpaired) electrons. The van der Waals surface area contributed by atoms with Gasteiger partial charge in [-0.05, 0) is 111 Å². The van der Waals surface area contributed by atoms with Gasteiger partial charge in [0.05, 0.1) is 11.0 Å². The second-order valence-electron chi connectivity index (χ2n) is 14.6. The highest BCUT2D eigenvalue weighted by atomic mass is 15.1. The summed E-state index contributed by atoms with van der Waals surface area (Å²) in [5, 5.41) is 2.52. The van der Waals surface area contributed by atoms with Crippen molar-refractivity contribution in [1.29, 1.82) is 0 Å². The lowest BCUT2D eigenvalue weighted by molar-refractivity contribution is 0.660. The number of para-hydroxylation sites is 2. The molecule has 1 aliphatic rings. The van der Waals surface area contributed by atoms with Gasteiger partial charge in [0, 0.05) is 38.9 Å².